The van der Waals surface area contributed by atoms with E-state index in [1.807, 2.05) is 13.0 Å². The van der Waals surface area contributed by atoms with Gasteiger partial charge in [0.15, 0.2) is 11.5 Å². The molecule has 0 radical (unpaired) electrons. The van der Waals surface area contributed by atoms with Crippen LogP contribution in [0.5, 0.6) is 11.5 Å². The van der Waals surface area contributed by atoms with E-state index in [9.17, 15) is 4.79 Å². The second kappa shape index (κ2) is 6.10. The molecule has 1 fully saturated rings. The summed E-state index contributed by atoms with van der Waals surface area (Å²) in [4.78, 5) is 11.7. The molecule has 4 nitrogen and oxygen atoms in total. The van der Waals surface area contributed by atoms with Gasteiger partial charge >= 0.3 is 5.97 Å². The van der Waals surface area contributed by atoms with Crippen LogP contribution < -0.4 is 9.47 Å². The minimum Gasteiger partial charge on any atom is -0.493 e. The van der Waals surface area contributed by atoms with Crippen LogP contribution in [0.15, 0.2) is 18.2 Å². The van der Waals surface area contributed by atoms with Crippen molar-refractivity contribution in [1.82, 2.24) is 0 Å². The van der Waals surface area contributed by atoms with E-state index in [0.29, 0.717) is 24.5 Å². The van der Waals surface area contributed by atoms with Crippen LogP contribution >= 0.6 is 23.2 Å². The van der Waals surface area contributed by atoms with Gasteiger partial charge in [-0.2, -0.15) is 0 Å². The number of esters is 1. The maximum Gasteiger partial charge on any atom is 0.312 e. The second-order valence-electron chi connectivity index (χ2n) is 4.54. The molecular weight excluding hydrogens is 303 g/mol. The molecule has 110 valence electrons. The first kappa shape index (κ1) is 15.3. The number of hydrogen-bond acceptors (Lipinski definition) is 4. The molecule has 1 aromatic rings. The molecule has 0 aliphatic heterocycles. The van der Waals surface area contributed by atoms with Gasteiger partial charge in [0.25, 0.3) is 0 Å². The lowest BCUT2D eigenvalue weighted by Crippen LogP contribution is -2.10. The van der Waals surface area contributed by atoms with Gasteiger partial charge in [0.05, 0.1) is 19.6 Å². The van der Waals surface area contributed by atoms with E-state index in [2.05, 4.69) is 0 Å². The van der Waals surface area contributed by atoms with Gasteiger partial charge in [-0.3, -0.25) is 4.79 Å². The van der Waals surface area contributed by atoms with E-state index in [4.69, 9.17) is 37.4 Å². The first-order valence-corrected chi connectivity index (χ1v) is 7.07. The Labute approximate surface area is 127 Å². The van der Waals surface area contributed by atoms with E-state index < -0.39 is 10.3 Å². The number of halogens is 2. The van der Waals surface area contributed by atoms with Crippen LogP contribution in [0.2, 0.25) is 0 Å². The zero-order chi connectivity index (χ0) is 14.8. The van der Waals surface area contributed by atoms with Crippen molar-refractivity contribution < 1.29 is 19.0 Å². The van der Waals surface area contributed by atoms with E-state index in [1.54, 1.807) is 19.2 Å². The maximum absolute atomic E-state index is 11.7. The van der Waals surface area contributed by atoms with Gasteiger partial charge in [-0.05, 0) is 31.0 Å². The summed E-state index contributed by atoms with van der Waals surface area (Å²) in [5, 5.41) is 0. The Hall–Kier alpha value is -1.13. The number of rotatable bonds is 6. The monoisotopic (exact) mass is 318 g/mol. The van der Waals surface area contributed by atoms with Crippen LogP contribution in [0.3, 0.4) is 0 Å². The molecule has 0 aromatic heterocycles. The summed E-state index contributed by atoms with van der Waals surface area (Å²) in [7, 11) is 1.56. The maximum atomic E-state index is 11.7. The molecule has 0 amide bonds. The molecular formula is C14H16Cl2O4. The van der Waals surface area contributed by atoms with E-state index in [1.165, 1.54) is 0 Å². The average Bonchev–Trinajstić information content (AvgIpc) is 3.06. The second-order valence-corrected chi connectivity index (χ2v) is 6.09. The molecule has 1 aliphatic rings. The van der Waals surface area contributed by atoms with Gasteiger partial charge in [0, 0.05) is 0 Å². The predicted octanol–water partition coefficient (Wildman–Crippen LogP) is 3.33. The Morgan fingerprint density at radius 3 is 2.65 bits per heavy atom. The van der Waals surface area contributed by atoms with Crippen LogP contribution in [0.1, 0.15) is 18.9 Å². The summed E-state index contributed by atoms with van der Waals surface area (Å²) in [5.41, 5.74) is 0.814. The normalized spacial score (nSPS) is 19.3. The number of carbonyl (C=O) groups excluding carboxylic acids is 1. The van der Waals surface area contributed by atoms with E-state index in [0.717, 1.165) is 5.56 Å². The molecule has 0 saturated heterocycles. The molecule has 1 aromatic carbocycles. The fraction of sp³-hybridized carbons (Fsp3) is 0.500. The van der Waals surface area contributed by atoms with Gasteiger partial charge in [0.2, 0.25) is 0 Å². The Balaban J connectivity index is 1.94. The first-order valence-electron chi connectivity index (χ1n) is 6.32. The molecule has 1 atom stereocenters. The minimum absolute atomic E-state index is 0.155. The van der Waals surface area contributed by atoms with Crippen molar-refractivity contribution in [2.24, 2.45) is 5.92 Å². The van der Waals surface area contributed by atoms with Crippen LogP contribution in [0.25, 0.3) is 0 Å². The number of carbonyl (C=O) groups is 1. The molecule has 6 heteroatoms. The number of hydrogen-bond donors (Lipinski definition) is 0. The van der Waals surface area contributed by atoms with Crippen LogP contribution in [-0.2, 0) is 16.1 Å². The molecule has 0 heterocycles. The van der Waals surface area contributed by atoms with Crippen molar-refractivity contribution in [3.05, 3.63) is 23.8 Å². The van der Waals surface area contributed by atoms with Crippen molar-refractivity contribution in [3.8, 4) is 11.5 Å². The largest absolute Gasteiger partial charge is 0.493 e. The zero-order valence-corrected chi connectivity index (χ0v) is 12.8. The van der Waals surface area contributed by atoms with Gasteiger partial charge in [-0.25, -0.2) is 0 Å². The number of ether oxygens (including phenoxy) is 3. The van der Waals surface area contributed by atoms with Crippen molar-refractivity contribution in [2.75, 3.05) is 13.7 Å². The molecule has 0 bridgehead atoms. The fourth-order valence-corrected chi connectivity index (χ4v) is 2.29. The highest BCUT2D eigenvalue weighted by atomic mass is 35.5. The topological polar surface area (TPSA) is 44.8 Å². The highest BCUT2D eigenvalue weighted by Gasteiger charge is 2.57. The Morgan fingerprint density at radius 1 is 1.40 bits per heavy atom. The van der Waals surface area contributed by atoms with Crippen LogP contribution in [0, 0.1) is 5.92 Å². The van der Waals surface area contributed by atoms with Crippen molar-refractivity contribution in [3.63, 3.8) is 0 Å². The summed E-state index contributed by atoms with van der Waals surface area (Å²) in [6, 6.07) is 5.39. The van der Waals surface area contributed by atoms with Crippen molar-refractivity contribution in [1.29, 1.82) is 0 Å². The zero-order valence-electron chi connectivity index (χ0n) is 11.3. The smallest absolute Gasteiger partial charge is 0.312 e. The van der Waals surface area contributed by atoms with Gasteiger partial charge in [-0.1, -0.05) is 6.07 Å². The number of methoxy groups -OCH3 is 1. The minimum atomic E-state index is -0.951. The van der Waals surface area contributed by atoms with E-state index in [-0.39, 0.29) is 12.6 Å². The molecule has 1 aliphatic carbocycles. The molecule has 2 rings (SSSR count). The van der Waals surface area contributed by atoms with Crippen LogP contribution in [0.4, 0.5) is 0 Å². The summed E-state index contributed by atoms with van der Waals surface area (Å²) < 4.78 is 14.9. The number of benzene rings is 1. The van der Waals surface area contributed by atoms with Crippen molar-refractivity contribution >= 4 is 29.2 Å². The fourth-order valence-electron chi connectivity index (χ4n) is 1.80. The van der Waals surface area contributed by atoms with Crippen molar-refractivity contribution in [2.45, 2.75) is 24.3 Å². The molecule has 1 saturated carbocycles. The SMILES string of the molecule is CCOc1ccc(COC(=O)C2CC2(Cl)Cl)cc1OC. The molecule has 20 heavy (non-hydrogen) atoms. The Kier molecular flexibility index (Phi) is 4.66. The summed E-state index contributed by atoms with van der Waals surface area (Å²) in [5.74, 6) is 0.474. The van der Waals surface area contributed by atoms with E-state index >= 15 is 0 Å². The third-order valence-corrected chi connectivity index (χ3v) is 3.85. The van der Waals surface area contributed by atoms with Gasteiger partial charge < -0.3 is 14.2 Å². The van der Waals surface area contributed by atoms with Crippen LogP contribution in [-0.4, -0.2) is 24.0 Å². The average molecular weight is 319 g/mol. The standard InChI is InChI=1S/C14H16Cl2O4/c1-3-19-11-5-4-9(6-12(11)18-2)8-20-13(17)10-7-14(10,15)16/h4-6,10H,3,7-8H2,1-2H3. The molecule has 0 N–H and O–H groups in total. The Bertz CT molecular complexity index is 502. The quantitative estimate of drug-likeness (QED) is 0.596. The lowest BCUT2D eigenvalue weighted by Gasteiger charge is -2.11. The Morgan fingerprint density at radius 2 is 2.10 bits per heavy atom. The lowest BCUT2D eigenvalue weighted by molar-refractivity contribution is -0.146. The highest BCUT2D eigenvalue weighted by molar-refractivity contribution is 6.52. The third kappa shape index (κ3) is 3.49. The summed E-state index contributed by atoms with van der Waals surface area (Å²) in [6.45, 7) is 2.61. The summed E-state index contributed by atoms with van der Waals surface area (Å²) in [6.07, 6.45) is 0.446. The van der Waals surface area contributed by atoms with Gasteiger partial charge in [0.1, 0.15) is 10.9 Å². The lowest BCUT2D eigenvalue weighted by atomic mass is 10.2. The summed E-state index contributed by atoms with van der Waals surface area (Å²) >= 11 is 11.6. The highest BCUT2D eigenvalue weighted by Crippen LogP contribution is 2.53. The molecule has 0 spiro atoms. The van der Waals surface area contributed by atoms with Gasteiger partial charge in [-0.15, -0.1) is 23.2 Å². The molecule has 1 unspecified atom stereocenters. The number of alkyl halides is 2. The third-order valence-electron chi connectivity index (χ3n) is 3.02. The predicted molar refractivity (Wildman–Crippen MR) is 76.5 cm³/mol. The first-order chi connectivity index (χ1) is 9.47.